The van der Waals surface area contributed by atoms with E-state index in [-0.39, 0.29) is 0 Å². The SMILES string of the molecule is CCOc1cccc(Sc2nnnn2C)c1N. The summed E-state index contributed by atoms with van der Waals surface area (Å²) in [5.74, 6) is 0.688. The predicted octanol–water partition coefficient (Wildman–Crippen LogP) is 1.34. The fraction of sp³-hybridized carbons (Fsp3) is 0.300. The minimum atomic E-state index is 0.587. The van der Waals surface area contributed by atoms with Gasteiger partial charge in [-0.1, -0.05) is 6.07 Å². The van der Waals surface area contributed by atoms with Crippen LogP contribution in [0.25, 0.3) is 0 Å². The van der Waals surface area contributed by atoms with Crippen LogP contribution in [0.5, 0.6) is 5.75 Å². The highest BCUT2D eigenvalue weighted by Gasteiger charge is 2.10. The summed E-state index contributed by atoms with van der Waals surface area (Å²) in [6.07, 6.45) is 0. The molecule has 0 radical (unpaired) electrons. The van der Waals surface area contributed by atoms with Crippen molar-refractivity contribution in [2.45, 2.75) is 17.0 Å². The third-order valence-corrected chi connectivity index (χ3v) is 3.21. The number of aromatic nitrogens is 4. The predicted molar refractivity (Wildman–Crippen MR) is 64.9 cm³/mol. The molecule has 0 unspecified atom stereocenters. The molecule has 0 aliphatic heterocycles. The lowest BCUT2D eigenvalue weighted by Crippen LogP contribution is -1.99. The molecule has 0 spiro atoms. The van der Waals surface area contributed by atoms with E-state index in [2.05, 4.69) is 15.5 Å². The van der Waals surface area contributed by atoms with Crippen molar-refractivity contribution in [1.82, 2.24) is 20.2 Å². The first-order valence-electron chi connectivity index (χ1n) is 5.14. The van der Waals surface area contributed by atoms with Crippen molar-refractivity contribution < 1.29 is 4.74 Å². The molecule has 1 heterocycles. The summed E-state index contributed by atoms with van der Waals surface area (Å²) in [7, 11) is 1.78. The van der Waals surface area contributed by atoms with E-state index in [1.165, 1.54) is 11.8 Å². The van der Waals surface area contributed by atoms with Gasteiger partial charge in [-0.15, -0.1) is 5.10 Å². The van der Waals surface area contributed by atoms with E-state index in [1.807, 2.05) is 25.1 Å². The lowest BCUT2D eigenvalue weighted by atomic mass is 10.3. The number of hydrogen-bond acceptors (Lipinski definition) is 6. The van der Waals surface area contributed by atoms with Crippen molar-refractivity contribution in [2.75, 3.05) is 12.3 Å². The largest absolute Gasteiger partial charge is 0.492 e. The zero-order chi connectivity index (χ0) is 12.3. The van der Waals surface area contributed by atoms with Crippen molar-refractivity contribution >= 4 is 17.4 Å². The Morgan fingerprint density at radius 2 is 2.29 bits per heavy atom. The van der Waals surface area contributed by atoms with Crippen LogP contribution in [0.3, 0.4) is 0 Å². The first-order chi connectivity index (χ1) is 8.22. The maximum absolute atomic E-state index is 6.01. The molecule has 1 aromatic carbocycles. The number of tetrazole rings is 1. The summed E-state index contributed by atoms with van der Waals surface area (Å²) in [4.78, 5) is 0.883. The highest BCUT2D eigenvalue weighted by atomic mass is 32.2. The topological polar surface area (TPSA) is 78.9 Å². The van der Waals surface area contributed by atoms with E-state index >= 15 is 0 Å². The van der Waals surface area contributed by atoms with E-state index in [9.17, 15) is 0 Å². The van der Waals surface area contributed by atoms with Crippen LogP contribution < -0.4 is 10.5 Å². The van der Waals surface area contributed by atoms with Gasteiger partial charge in [0, 0.05) is 11.9 Å². The molecule has 0 fully saturated rings. The Morgan fingerprint density at radius 1 is 1.47 bits per heavy atom. The number of hydrogen-bond donors (Lipinski definition) is 1. The lowest BCUT2D eigenvalue weighted by molar-refractivity contribution is 0.341. The van der Waals surface area contributed by atoms with Crippen molar-refractivity contribution in [3.05, 3.63) is 18.2 Å². The van der Waals surface area contributed by atoms with Gasteiger partial charge in [0.25, 0.3) is 0 Å². The number of nitrogens with zero attached hydrogens (tertiary/aromatic N) is 4. The van der Waals surface area contributed by atoms with Gasteiger partial charge < -0.3 is 10.5 Å². The third kappa shape index (κ3) is 2.50. The Kier molecular flexibility index (Phi) is 3.48. The molecule has 2 rings (SSSR count). The van der Waals surface area contributed by atoms with Crippen LogP contribution in [-0.4, -0.2) is 26.8 Å². The van der Waals surface area contributed by atoms with Gasteiger partial charge in [-0.3, -0.25) is 0 Å². The summed E-state index contributed by atoms with van der Waals surface area (Å²) in [6, 6.07) is 5.66. The second kappa shape index (κ2) is 5.05. The molecule has 2 N–H and O–H groups in total. The zero-order valence-electron chi connectivity index (χ0n) is 9.62. The number of rotatable bonds is 4. The molecule has 0 atom stereocenters. The molecule has 0 bridgehead atoms. The van der Waals surface area contributed by atoms with Crippen molar-refractivity contribution in [3.63, 3.8) is 0 Å². The number of para-hydroxylation sites is 1. The number of nitrogens with two attached hydrogens (primary N) is 1. The number of aryl methyl sites for hydroxylation is 1. The van der Waals surface area contributed by atoms with Gasteiger partial charge in [-0.05, 0) is 41.2 Å². The van der Waals surface area contributed by atoms with Crippen molar-refractivity contribution in [3.8, 4) is 5.75 Å². The first-order valence-corrected chi connectivity index (χ1v) is 5.95. The van der Waals surface area contributed by atoms with Gasteiger partial charge in [0.15, 0.2) is 0 Å². The van der Waals surface area contributed by atoms with Crippen LogP contribution in [0.1, 0.15) is 6.92 Å². The second-order valence-electron chi connectivity index (χ2n) is 3.29. The minimum absolute atomic E-state index is 0.587. The average Bonchev–Trinajstić information content (AvgIpc) is 2.70. The molecule has 17 heavy (non-hydrogen) atoms. The lowest BCUT2D eigenvalue weighted by Gasteiger charge is -2.09. The van der Waals surface area contributed by atoms with Crippen LogP contribution >= 0.6 is 11.8 Å². The molecule has 0 aliphatic carbocycles. The quantitative estimate of drug-likeness (QED) is 0.826. The smallest absolute Gasteiger partial charge is 0.213 e. The van der Waals surface area contributed by atoms with E-state index in [0.717, 1.165) is 4.90 Å². The zero-order valence-corrected chi connectivity index (χ0v) is 10.4. The second-order valence-corrected chi connectivity index (χ2v) is 4.30. The molecule has 7 heteroatoms. The monoisotopic (exact) mass is 251 g/mol. The highest BCUT2D eigenvalue weighted by Crippen LogP contribution is 2.35. The van der Waals surface area contributed by atoms with E-state index in [1.54, 1.807) is 11.7 Å². The minimum Gasteiger partial charge on any atom is -0.492 e. The summed E-state index contributed by atoms with van der Waals surface area (Å²) >= 11 is 1.41. The Labute approximate surface area is 103 Å². The average molecular weight is 251 g/mol. The van der Waals surface area contributed by atoms with E-state index in [0.29, 0.717) is 23.2 Å². The summed E-state index contributed by atoms with van der Waals surface area (Å²) in [5.41, 5.74) is 6.63. The van der Waals surface area contributed by atoms with E-state index < -0.39 is 0 Å². The van der Waals surface area contributed by atoms with Crippen LogP contribution in [-0.2, 0) is 7.05 Å². The normalized spacial score (nSPS) is 10.5. The van der Waals surface area contributed by atoms with Crippen LogP contribution in [0.2, 0.25) is 0 Å². The molecule has 6 nitrogen and oxygen atoms in total. The highest BCUT2D eigenvalue weighted by molar-refractivity contribution is 7.99. The number of anilines is 1. The number of ether oxygens (including phenoxy) is 1. The summed E-state index contributed by atoms with van der Waals surface area (Å²) in [6.45, 7) is 2.51. The molecule has 2 aromatic rings. The third-order valence-electron chi connectivity index (χ3n) is 2.11. The number of benzene rings is 1. The molecular weight excluding hydrogens is 238 g/mol. The summed E-state index contributed by atoms with van der Waals surface area (Å²) in [5, 5.41) is 11.9. The van der Waals surface area contributed by atoms with E-state index in [4.69, 9.17) is 10.5 Å². The summed E-state index contributed by atoms with van der Waals surface area (Å²) < 4.78 is 7.02. The standard InChI is InChI=1S/C10H13N5OS/c1-3-16-7-5-4-6-8(9(7)11)17-10-12-13-14-15(10)2/h4-6H,3,11H2,1-2H3. The molecule has 0 aliphatic rings. The molecule has 0 saturated carbocycles. The fourth-order valence-electron chi connectivity index (χ4n) is 1.30. The Balaban J connectivity index is 2.27. The molecule has 0 amide bonds. The maximum atomic E-state index is 6.01. The van der Waals surface area contributed by atoms with Gasteiger partial charge in [-0.2, -0.15) is 0 Å². The van der Waals surface area contributed by atoms with Gasteiger partial charge in [0.05, 0.1) is 12.3 Å². The molecular formula is C10H13N5OS. The molecule has 0 saturated heterocycles. The van der Waals surface area contributed by atoms with Crippen LogP contribution in [0.15, 0.2) is 28.3 Å². The molecule has 1 aromatic heterocycles. The van der Waals surface area contributed by atoms with Gasteiger partial charge in [0.1, 0.15) is 5.75 Å². The van der Waals surface area contributed by atoms with Crippen LogP contribution in [0.4, 0.5) is 5.69 Å². The van der Waals surface area contributed by atoms with Crippen molar-refractivity contribution in [2.24, 2.45) is 7.05 Å². The van der Waals surface area contributed by atoms with Crippen molar-refractivity contribution in [1.29, 1.82) is 0 Å². The molecule has 90 valence electrons. The van der Waals surface area contributed by atoms with Gasteiger partial charge in [0.2, 0.25) is 5.16 Å². The first kappa shape index (κ1) is 11.7. The Morgan fingerprint density at radius 3 is 2.94 bits per heavy atom. The van der Waals surface area contributed by atoms with Gasteiger partial charge >= 0.3 is 0 Å². The Hall–Kier alpha value is -1.76. The Bertz CT molecular complexity index is 513. The van der Waals surface area contributed by atoms with Gasteiger partial charge in [-0.25, -0.2) is 4.68 Å². The maximum Gasteiger partial charge on any atom is 0.213 e. The van der Waals surface area contributed by atoms with Crippen LogP contribution in [0, 0.1) is 0 Å². The number of nitrogen functional groups attached to an aromatic ring is 1. The fourth-order valence-corrected chi connectivity index (χ4v) is 2.10.